The van der Waals surface area contributed by atoms with E-state index in [0.717, 1.165) is 27.7 Å². The molecule has 2 aromatic rings. The number of ether oxygens (including phenoxy) is 1. The van der Waals surface area contributed by atoms with Crippen LogP contribution in [0.1, 0.15) is 18.1 Å². The molecule has 0 saturated carbocycles. The third-order valence-corrected chi connectivity index (χ3v) is 5.99. The number of carboxylic acid groups (broad SMARTS) is 1. The molecule has 0 aliphatic heterocycles. The molecule has 0 saturated heterocycles. The van der Waals surface area contributed by atoms with Gasteiger partial charge in [-0.05, 0) is 0 Å². The fourth-order valence-corrected chi connectivity index (χ4v) is 4.28. The van der Waals surface area contributed by atoms with Crippen LogP contribution in [0.5, 0.6) is 5.75 Å². The van der Waals surface area contributed by atoms with Gasteiger partial charge < -0.3 is 5.11 Å². The molecule has 0 spiro atoms. The molecule has 4 nitrogen and oxygen atoms in total. The van der Waals surface area contributed by atoms with E-state index in [2.05, 4.69) is 0 Å². The van der Waals surface area contributed by atoms with Crippen molar-refractivity contribution in [3.05, 3.63) is 65.7 Å². The van der Waals surface area contributed by atoms with Gasteiger partial charge in [0.1, 0.15) is 0 Å². The molecule has 0 aromatic heterocycles. The monoisotopic (exact) mass is 489 g/mol. The Labute approximate surface area is 146 Å². The van der Waals surface area contributed by atoms with Crippen molar-refractivity contribution in [3.8, 4) is 5.75 Å². The number of methoxy groups -OCH3 is 1. The molecule has 1 unspecified atom stereocenters. The summed E-state index contributed by atoms with van der Waals surface area (Å²) in [4.78, 5) is 9.00. The molecule has 0 radical (unpaired) electrons. The fourth-order valence-electron chi connectivity index (χ4n) is 2.04. The van der Waals surface area contributed by atoms with E-state index in [-0.39, 0.29) is 0 Å². The number of hydrogen-bond acceptors (Lipinski definition) is 3. The first-order valence-corrected chi connectivity index (χ1v) is 10.7. The second kappa shape index (κ2) is 8.91. The molecular formula is C17H19HgO4. The van der Waals surface area contributed by atoms with E-state index in [1.54, 1.807) is 7.11 Å². The van der Waals surface area contributed by atoms with Gasteiger partial charge in [-0.25, -0.2) is 0 Å². The quantitative estimate of drug-likeness (QED) is 0.651. The average molecular weight is 488 g/mol. The van der Waals surface area contributed by atoms with Gasteiger partial charge in [-0.1, -0.05) is 0 Å². The standard InChI is InChI=1S/C15H15O2.C2H4O2.Hg/c1-15(16,12-6-4-3-5-7-12)13-8-10-14(17-2)11-9-13;1-2(3)4;/h3-11,16H,1H2,2H3;1H3,(H,3,4);. The molecule has 0 aliphatic carbocycles. The number of benzene rings is 2. The molecule has 0 aliphatic rings. The second-order valence-corrected chi connectivity index (χ2v) is 6.67. The maximum atomic E-state index is 10.9. The summed E-state index contributed by atoms with van der Waals surface area (Å²) in [6, 6.07) is 17.5. The molecule has 2 N–H and O–H groups in total. The van der Waals surface area contributed by atoms with Crippen LogP contribution in [-0.2, 0) is 36.5 Å². The van der Waals surface area contributed by atoms with Gasteiger partial charge in [-0.3, -0.25) is 4.79 Å². The van der Waals surface area contributed by atoms with Crippen molar-refractivity contribution < 1.29 is 45.9 Å². The third kappa shape index (κ3) is 5.11. The summed E-state index contributed by atoms with van der Waals surface area (Å²) in [5.41, 5.74) is 1.05. The summed E-state index contributed by atoms with van der Waals surface area (Å²) in [6.07, 6.45) is 0. The summed E-state index contributed by atoms with van der Waals surface area (Å²) < 4.78 is 5.97. The predicted molar refractivity (Wildman–Crippen MR) is 80.6 cm³/mol. The van der Waals surface area contributed by atoms with E-state index >= 15 is 0 Å². The average Bonchev–Trinajstić information content (AvgIpc) is 2.54. The van der Waals surface area contributed by atoms with Gasteiger partial charge in [0, 0.05) is 6.92 Å². The van der Waals surface area contributed by atoms with Crippen LogP contribution < -0.4 is 4.74 Å². The number of carboxylic acids is 1. The van der Waals surface area contributed by atoms with Crippen LogP contribution >= 0.6 is 0 Å². The van der Waals surface area contributed by atoms with Gasteiger partial charge in [0.25, 0.3) is 5.97 Å². The normalized spacial score (nSPS) is 12.6. The summed E-state index contributed by atoms with van der Waals surface area (Å²) >= 11 is 0.515. The summed E-state index contributed by atoms with van der Waals surface area (Å²) in [6.45, 7) is 1.08. The van der Waals surface area contributed by atoms with E-state index in [0.29, 0.717) is 26.1 Å². The Hall–Kier alpha value is -1.39. The van der Waals surface area contributed by atoms with Crippen LogP contribution in [-0.4, -0.2) is 23.3 Å². The van der Waals surface area contributed by atoms with Gasteiger partial charge >= 0.3 is 124 Å². The van der Waals surface area contributed by atoms with Crippen molar-refractivity contribution in [2.75, 3.05) is 7.11 Å². The summed E-state index contributed by atoms with van der Waals surface area (Å²) in [5, 5.41) is 18.4. The molecule has 2 rings (SSSR count). The van der Waals surface area contributed by atoms with Crippen molar-refractivity contribution in [2.24, 2.45) is 0 Å². The minimum atomic E-state index is -0.851. The molecular weight excluding hydrogens is 469 g/mol. The van der Waals surface area contributed by atoms with Crippen LogP contribution in [0.15, 0.2) is 54.6 Å². The summed E-state index contributed by atoms with van der Waals surface area (Å²) in [7, 11) is 1.65. The van der Waals surface area contributed by atoms with Gasteiger partial charge in [0.15, 0.2) is 0 Å². The zero-order valence-electron chi connectivity index (χ0n) is 12.8. The number of aliphatic hydroxyl groups is 1. The number of aliphatic carboxylic acids is 1. The van der Waals surface area contributed by atoms with Gasteiger partial charge in [0.05, 0.1) is 0 Å². The van der Waals surface area contributed by atoms with Crippen LogP contribution in [0.3, 0.4) is 0 Å². The Kier molecular flexibility index (Phi) is 7.55. The van der Waals surface area contributed by atoms with E-state index in [4.69, 9.17) is 14.6 Å². The zero-order valence-corrected chi connectivity index (χ0v) is 18.3. The van der Waals surface area contributed by atoms with E-state index in [1.165, 1.54) is 0 Å². The first-order valence-electron chi connectivity index (χ1n) is 6.85. The fraction of sp³-hybridized carbons (Fsp3) is 0.235. The van der Waals surface area contributed by atoms with E-state index in [9.17, 15) is 5.11 Å². The van der Waals surface area contributed by atoms with Crippen LogP contribution in [0.25, 0.3) is 0 Å². The maximum absolute atomic E-state index is 10.9. The molecule has 2 aromatic carbocycles. The van der Waals surface area contributed by atoms with Crippen molar-refractivity contribution >= 4 is 5.97 Å². The molecule has 113 valence electrons. The van der Waals surface area contributed by atoms with E-state index < -0.39 is 11.6 Å². The van der Waals surface area contributed by atoms with Crippen LogP contribution in [0.2, 0.25) is 3.93 Å². The Bertz CT molecular complexity index is 579. The Balaban J connectivity index is 0.000000541. The number of carbonyl (C=O) groups is 1. The van der Waals surface area contributed by atoms with Gasteiger partial charge in [-0.15, -0.1) is 0 Å². The molecule has 0 bridgehead atoms. The molecule has 5 heteroatoms. The molecule has 0 amide bonds. The third-order valence-electron chi connectivity index (χ3n) is 3.18. The zero-order chi connectivity index (χ0) is 16.6. The molecule has 0 heterocycles. The number of hydrogen-bond donors (Lipinski definition) is 2. The Morgan fingerprint density at radius 3 is 1.95 bits per heavy atom. The van der Waals surface area contributed by atoms with Crippen molar-refractivity contribution in [2.45, 2.75) is 16.5 Å². The SMILES string of the molecule is CC(=O)O.COc1ccc(C(O)([CH2][Hg])c2ccccc2)cc1. The molecule has 1 atom stereocenters. The topological polar surface area (TPSA) is 66.8 Å². The summed E-state index contributed by atoms with van der Waals surface area (Å²) in [5.74, 6) is -0.0209. The first kappa shape index (κ1) is 18.7. The van der Waals surface area contributed by atoms with Crippen molar-refractivity contribution in [3.63, 3.8) is 0 Å². The predicted octanol–water partition coefficient (Wildman–Crippen LogP) is 2.99. The molecule has 0 fully saturated rings. The van der Waals surface area contributed by atoms with Gasteiger partial charge in [0.2, 0.25) is 0 Å². The Morgan fingerprint density at radius 1 is 1.09 bits per heavy atom. The van der Waals surface area contributed by atoms with Crippen LogP contribution in [0.4, 0.5) is 0 Å². The van der Waals surface area contributed by atoms with Crippen LogP contribution in [0, 0.1) is 0 Å². The molecule has 22 heavy (non-hydrogen) atoms. The van der Waals surface area contributed by atoms with Gasteiger partial charge in [-0.2, -0.15) is 0 Å². The Morgan fingerprint density at radius 2 is 1.55 bits per heavy atom. The minimum absolute atomic E-state index is 0.515. The first-order chi connectivity index (χ1) is 10.4. The van der Waals surface area contributed by atoms with E-state index in [1.807, 2.05) is 54.6 Å². The second-order valence-electron chi connectivity index (χ2n) is 4.72. The van der Waals surface area contributed by atoms with Crippen molar-refractivity contribution in [1.82, 2.24) is 0 Å². The van der Waals surface area contributed by atoms with Crippen molar-refractivity contribution in [1.29, 1.82) is 0 Å². The number of rotatable bonds is 4.